The van der Waals surface area contributed by atoms with Crippen molar-refractivity contribution in [2.24, 2.45) is 5.41 Å². The van der Waals surface area contributed by atoms with E-state index in [0.29, 0.717) is 11.5 Å². The Labute approximate surface area is 308 Å². The lowest BCUT2D eigenvalue weighted by molar-refractivity contribution is -0.157. The third-order valence-corrected chi connectivity index (χ3v) is 9.13. The number of ether oxygens (including phenoxy) is 7. The van der Waals surface area contributed by atoms with Gasteiger partial charge in [0.2, 0.25) is 0 Å². The lowest BCUT2D eigenvalue weighted by Crippen LogP contribution is -2.46. The fraction of sp³-hybridized carbons (Fsp3) is 0.425. The standard InChI is InChI=1S/C40H48N2O11/c1-26-23-41(38(46)42(35(26)44)25-51-37(45)39(2,3)4)36-34(50-22-21-47-5)33(43)32(53-36)24-52-40(27-11-9-8-10-12-27,28-13-17-30(48-6)18-14-28)29-15-19-31(49-7)20-16-29/h8-20,23,32-34,36,43H,21-22,24-25H2,1-7H3/t32-,33-,34-,36-/m1/s1. The van der Waals surface area contributed by atoms with E-state index in [-0.39, 0.29) is 25.4 Å². The van der Waals surface area contributed by atoms with Crippen LogP contribution >= 0.6 is 0 Å². The van der Waals surface area contributed by atoms with E-state index < -0.39 is 59.5 Å². The van der Waals surface area contributed by atoms with Crippen molar-refractivity contribution in [2.75, 3.05) is 41.2 Å². The lowest BCUT2D eigenvalue weighted by atomic mass is 9.80. The van der Waals surface area contributed by atoms with Crippen LogP contribution < -0.4 is 20.7 Å². The number of hydrogen-bond acceptors (Lipinski definition) is 11. The predicted octanol–water partition coefficient (Wildman–Crippen LogP) is 4.18. The summed E-state index contributed by atoms with van der Waals surface area (Å²) in [5.74, 6) is 0.737. The summed E-state index contributed by atoms with van der Waals surface area (Å²) in [4.78, 5) is 39.6. The van der Waals surface area contributed by atoms with Crippen LogP contribution in [0.5, 0.6) is 11.5 Å². The maximum atomic E-state index is 13.9. The zero-order valence-electron chi connectivity index (χ0n) is 31.1. The number of aromatic nitrogens is 2. The molecular formula is C40H48N2O11. The molecule has 0 aliphatic carbocycles. The number of aryl methyl sites for hydroxylation is 1. The SMILES string of the molecule is COCCO[C@@H]1[C@H](O)[C@@H](COC(c2ccccc2)(c2ccc(OC)cc2)c2ccc(OC)cc2)O[C@H]1n1cc(C)c(=O)n(COC(=O)C(C)(C)C)c1=O. The Bertz CT molecular complexity index is 1890. The quantitative estimate of drug-likeness (QED) is 0.107. The van der Waals surface area contributed by atoms with Crippen LogP contribution in [0.1, 0.15) is 49.3 Å². The summed E-state index contributed by atoms with van der Waals surface area (Å²) in [6, 6.07) is 24.7. The number of nitrogens with zero attached hydrogens (tertiary/aromatic N) is 2. The Balaban J connectivity index is 1.56. The summed E-state index contributed by atoms with van der Waals surface area (Å²) in [7, 11) is 4.71. The summed E-state index contributed by atoms with van der Waals surface area (Å²) < 4.78 is 43.0. The van der Waals surface area contributed by atoms with Crippen molar-refractivity contribution in [2.45, 2.75) is 64.6 Å². The van der Waals surface area contributed by atoms with Crippen LogP contribution in [0.2, 0.25) is 0 Å². The summed E-state index contributed by atoms with van der Waals surface area (Å²) in [6.45, 7) is 6.06. The molecule has 0 bridgehead atoms. The minimum Gasteiger partial charge on any atom is -0.497 e. The number of hydrogen-bond donors (Lipinski definition) is 1. The van der Waals surface area contributed by atoms with E-state index in [1.807, 2.05) is 78.9 Å². The number of esters is 1. The summed E-state index contributed by atoms with van der Waals surface area (Å²) in [5.41, 5.74) is -0.976. The molecule has 1 aliphatic rings. The van der Waals surface area contributed by atoms with Gasteiger partial charge in [-0.15, -0.1) is 0 Å². The van der Waals surface area contributed by atoms with Crippen LogP contribution in [-0.4, -0.2) is 79.7 Å². The summed E-state index contributed by atoms with van der Waals surface area (Å²) in [5, 5.41) is 11.8. The molecule has 13 heteroatoms. The monoisotopic (exact) mass is 732 g/mol. The second kappa shape index (κ2) is 16.9. The first kappa shape index (κ1) is 39.4. The first-order valence-electron chi connectivity index (χ1n) is 17.3. The molecule has 2 heterocycles. The van der Waals surface area contributed by atoms with Crippen molar-refractivity contribution in [1.82, 2.24) is 9.13 Å². The van der Waals surface area contributed by atoms with Crippen molar-refractivity contribution < 1.29 is 43.1 Å². The lowest BCUT2D eigenvalue weighted by Gasteiger charge is -2.37. The molecule has 1 aliphatic heterocycles. The van der Waals surface area contributed by atoms with Gasteiger partial charge in [-0.1, -0.05) is 54.6 Å². The zero-order valence-corrected chi connectivity index (χ0v) is 31.1. The molecule has 4 aromatic rings. The van der Waals surface area contributed by atoms with E-state index in [1.54, 1.807) is 35.0 Å². The second-order valence-corrected chi connectivity index (χ2v) is 13.7. The smallest absolute Gasteiger partial charge is 0.336 e. The molecule has 1 fully saturated rings. The van der Waals surface area contributed by atoms with Crippen LogP contribution in [0.25, 0.3) is 0 Å². The molecular weight excluding hydrogens is 684 g/mol. The average Bonchev–Trinajstić information content (AvgIpc) is 3.47. The number of carbonyl (C=O) groups is 1. The Morgan fingerprint density at radius 1 is 0.830 bits per heavy atom. The molecule has 53 heavy (non-hydrogen) atoms. The highest BCUT2D eigenvalue weighted by molar-refractivity contribution is 5.75. The molecule has 5 rings (SSSR count). The molecule has 1 saturated heterocycles. The fourth-order valence-corrected chi connectivity index (χ4v) is 6.20. The largest absolute Gasteiger partial charge is 0.497 e. The zero-order chi connectivity index (χ0) is 38.3. The van der Waals surface area contributed by atoms with Gasteiger partial charge in [-0.3, -0.25) is 14.2 Å². The molecule has 1 N–H and O–H groups in total. The molecule has 13 nitrogen and oxygen atoms in total. The van der Waals surface area contributed by atoms with Crippen LogP contribution in [0, 0.1) is 12.3 Å². The molecule has 284 valence electrons. The van der Waals surface area contributed by atoms with Crippen LogP contribution in [0.3, 0.4) is 0 Å². The van der Waals surface area contributed by atoms with Crippen LogP contribution in [-0.2, 0) is 40.8 Å². The Morgan fingerprint density at radius 3 is 1.92 bits per heavy atom. The van der Waals surface area contributed by atoms with Crippen molar-refractivity contribution in [3.8, 4) is 11.5 Å². The topological polar surface area (TPSA) is 146 Å². The maximum Gasteiger partial charge on any atom is 0.336 e. The number of carbonyl (C=O) groups excluding carboxylic acids is 1. The molecule has 1 aromatic heterocycles. The van der Waals surface area contributed by atoms with Crippen LogP contribution in [0.4, 0.5) is 0 Å². The first-order valence-corrected chi connectivity index (χ1v) is 17.3. The van der Waals surface area contributed by atoms with Gasteiger partial charge in [0.05, 0.1) is 39.5 Å². The van der Waals surface area contributed by atoms with Gasteiger partial charge in [0, 0.05) is 18.9 Å². The molecule has 0 amide bonds. The second-order valence-electron chi connectivity index (χ2n) is 13.7. The molecule has 4 atom stereocenters. The van der Waals surface area contributed by atoms with Crippen molar-refractivity contribution >= 4 is 5.97 Å². The van der Waals surface area contributed by atoms with E-state index in [2.05, 4.69) is 0 Å². The molecule has 0 radical (unpaired) electrons. The van der Waals surface area contributed by atoms with Crippen molar-refractivity contribution in [3.63, 3.8) is 0 Å². The van der Waals surface area contributed by atoms with E-state index in [1.165, 1.54) is 24.8 Å². The first-order chi connectivity index (χ1) is 25.3. The molecule has 0 spiro atoms. The van der Waals surface area contributed by atoms with Gasteiger partial charge in [0.15, 0.2) is 13.0 Å². The van der Waals surface area contributed by atoms with Gasteiger partial charge in [0.25, 0.3) is 5.56 Å². The third-order valence-electron chi connectivity index (χ3n) is 9.13. The minimum absolute atomic E-state index is 0.0773. The Morgan fingerprint density at radius 2 is 1.40 bits per heavy atom. The molecule has 3 aromatic carbocycles. The highest BCUT2D eigenvalue weighted by Crippen LogP contribution is 2.43. The fourth-order valence-electron chi connectivity index (χ4n) is 6.20. The van der Waals surface area contributed by atoms with Gasteiger partial charge >= 0.3 is 11.7 Å². The summed E-state index contributed by atoms with van der Waals surface area (Å²) in [6.07, 6.45) is -3.23. The number of benzene rings is 3. The normalized spacial score (nSPS) is 18.9. The Hall–Kier alpha value is -4.79. The van der Waals surface area contributed by atoms with E-state index >= 15 is 0 Å². The number of aliphatic hydroxyl groups excluding tert-OH is 1. The van der Waals surface area contributed by atoms with Gasteiger partial charge in [0.1, 0.15) is 35.4 Å². The van der Waals surface area contributed by atoms with Gasteiger partial charge in [-0.25, -0.2) is 9.36 Å². The van der Waals surface area contributed by atoms with Crippen LogP contribution in [0.15, 0.2) is 94.6 Å². The highest BCUT2D eigenvalue weighted by atomic mass is 16.6. The van der Waals surface area contributed by atoms with E-state index in [0.717, 1.165) is 21.3 Å². The third kappa shape index (κ3) is 8.40. The van der Waals surface area contributed by atoms with Crippen molar-refractivity contribution in [3.05, 3.63) is 128 Å². The predicted molar refractivity (Wildman–Crippen MR) is 195 cm³/mol. The Kier molecular flexibility index (Phi) is 12.6. The number of rotatable bonds is 15. The average molecular weight is 733 g/mol. The highest BCUT2D eigenvalue weighted by Gasteiger charge is 2.48. The maximum absolute atomic E-state index is 13.9. The summed E-state index contributed by atoms with van der Waals surface area (Å²) >= 11 is 0. The van der Waals surface area contributed by atoms with Gasteiger partial charge in [-0.05, 0) is 68.7 Å². The van der Waals surface area contributed by atoms with E-state index in [4.69, 9.17) is 33.2 Å². The van der Waals surface area contributed by atoms with E-state index in [9.17, 15) is 19.5 Å². The van der Waals surface area contributed by atoms with Crippen molar-refractivity contribution in [1.29, 1.82) is 0 Å². The van der Waals surface area contributed by atoms with Gasteiger partial charge < -0.3 is 38.3 Å². The van der Waals surface area contributed by atoms with Gasteiger partial charge in [-0.2, -0.15) is 0 Å². The molecule has 0 saturated carbocycles. The minimum atomic E-state index is -1.29. The number of aliphatic hydroxyl groups is 1. The number of methoxy groups -OCH3 is 3. The molecule has 0 unspecified atom stereocenters.